The van der Waals surface area contributed by atoms with Gasteiger partial charge in [0, 0.05) is 35.8 Å². The van der Waals surface area contributed by atoms with Crippen LogP contribution in [0, 0.1) is 5.82 Å². The average molecular weight is 478 g/mol. The molecule has 12 heteroatoms. The van der Waals surface area contributed by atoms with Crippen LogP contribution in [0.1, 0.15) is 40.1 Å². The van der Waals surface area contributed by atoms with Crippen molar-refractivity contribution < 1.29 is 22.4 Å². The number of nitrogens with zero attached hydrogens (tertiary/aromatic N) is 2. The summed E-state index contributed by atoms with van der Waals surface area (Å²) in [5.74, 6) is -2.12. The minimum Gasteiger partial charge on any atom is -0.364 e. The normalized spacial score (nSPS) is 14.9. The number of nitrogens with one attached hydrogen (secondary N) is 2. The molecule has 4 N–H and O–H groups in total. The highest BCUT2D eigenvalue weighted by Gasteiger charge is 2.29. The highest BCUT2D eigenvalue weighted by Crippen LogP contribution is 2.27. The largest absolute Gasteiger partial charge is 0.364 e. The molecular weight excluding hydrogens is 457 g/mol. The van der Waals surface area contributed by atoms with E-state index in [-0.39, 0.29) is 16.4 Å². The first kappa shape index (κ1) is 22.1. The van der Waals surface area contributed by atoms with Crippen LogP contribution in [-0.2, 0) is 10.0 Å². The van der Waals surface area contributed by atoms with Gasteiger partial charge in [-0.15, -0.1) is 11.3 Å². The molecule has 1 aliphatic heterocycles. The number of carbonyl (C=O) groups excluding carboxylic acids is 2. The summed E-state index contributed by atoms with van der Waals surface area (Å²) in [6.45, 7) is 0.660. The summed E-state index contributed by atoms with van der Waals surface area (Å²) in [5, 5.41) is 4.53. The van der Waals surface area contributed by atoms with Crippen LogP contribution >= 0.6 is 11.3 Å². The molecule has 1 fully saturated rings. The summed E-state index contributed by atoms with van der Waals surface area (Å²) in [6.07, 6.45) is 3.93. The van der Waals surface area contributed by atoms with Gasteiger partial charge in [-0.1, -0.05) is 6.42 Å². The summed E-state index contributed by atoms with van der Waals surface area (Å²) in [5.41, 5.74) is 6.58. The molecule has 0 aliphatic carbocycles. The van der Waals surface area contributed by atoms with Gasteiger partial charge in [0.1, 0.15) is 16.4 Å². The molecule has 4 rings (SSSR count). The minimum absolute atomic E-state index is 0.00334. The first-order chi connectivity index (χ1) is 15.3. The van der Waals surface area contributed by atoms with E-state index in [9.17, 15) is 22.4 Å². The van der Waals surface area contributed by atoms with Crippen molar-refractivity contribution in [2.75, 3.05) is 18.4 Å². The van der Waals surface area contributed by atoms with Gasteiger partial charge in [0.2, 0.25) is 10.0 Å². The van der Waals surface area contributed by atoms with Crippen molar-refractivity contribution in [3.8, 4) is 11.3 Å². The number of H-pyrrole nitrogens is 1. The van der Waals surface area contributed by atoms with E-state index in [0.717, 1.165) is 42.7 Å². The maximum atomic E-state index is 14.4. The molecular formula is C20H20FN5O4S2. The Kier molecular flexibility index (Phi) is 6.09. The third-order valence-corrected chi connectivity index (χ3v) is 7.77. The maximum absolute atomic E-state index is 14.4. The second-order valence-corrected chi connectivity index (χ2v) is 10.0. The molecule has 1 saturated heterocycles. The predicted molar refractivity (Wildman–Crippen MR) is 117 cm³/mol. The number of rotatable bonds is 6. The van der Waals surface area contributed by atoms with Crippen molar-refractivity contribution in [2.45, 2.75) is 24.2 Å². The monoisotopic (exact) mass is 477 g/mol. The number of piperidine rings is 1. The molecule has 32 heavy (non-hydrogen) atoms. The zero-order valence-corrected chi connectivity index (χ0v) is 18.4. The third kappa shape index (κ3) is 4.42. The molecule has 1 aromatic carbocycles. The lowest BCUT2D eigenvalue weighted by molar-refractivity contribution is 0.0994. The Bertz CT molecular complexity index is 1280. The van der Waals surface area contributed by atoms with Crippen molar-refractivity contribution >= 4 is 38.3 Å². The van der Waals surface area contributed by atoms with Crippen LogP contribution in [-0.4, -0.2) is 47.6 Å². The SMILES string of the molecule is NC(=O)c1cc(-c2csc(NC(=O)c3ccc(F)c(S(=O)(=O)N4CCCCC4)c3)n2)c[nH]1. The fourth-order valence-electron chi connectivity index (χ4n) is 3.40. The number of thiazole rings is 1. The van der Waals surface area contributed by atoms with E-state index in [1.807, 2.05) is 0 Å². The lowest BCUT2D eigenvalue weighted by atomic mass is 10.2. The van der Waals surface area contributed by atoms with E-state index < -0.39 is 32.6 Å². The van der Waals surface area contributed by atoms with Crippen LogP contribution < -0.4 is 11.1 Å². The molecule has 0 saturated carbocycles. The molecule has 3 heterocycles. The number of carbonyl (C=O) groups is 2. The van der Waals surface area contributed by atoms with Crippen LogP contribution in [0.2, 0.25) is 0 Å². The van der Waals surface area contributed by atoms with E-state index >= 15 is 0 Å². The fraction of sp³-hybridized carbons (Fsp3) is 0.250. The van der Waals surface area contributed by atoms with E-state index in [1.165, 1.54) is 10.4 Å². The maximum Gasteiger partial charge on any atom is 0.265 e. The molecule has 9 nitrogen and oxygen atoms in total. The lowest BCUT2D eigenvalue weighted by Crippen LogP contribution is -2.36. The van der Waals surface area contributed by atoms with Gasteiger partial charge < -0.3 is 10.7 Å². The number of sulfonamides is 1. The fourth-order valence-corrected chi connectivity index (χ4v) is 5.73. The molecule has 1 aliphatic rings. The summed E-state index contributed by atoms with van der Waals surface area (Å²) >= 11 is 1.15. The van der Waals surface area contributed by atoms with Crippen LogP contribution in [0.5, 0.6) is 0 Å². The van der Waals surface area contributed by atoms with Crippen molar-refractivity contribution in [1.29, 1.82) is 0 Å². The summed E-state index contributed by atoms with van der Waals surface area (Å²) in [7, 11) is -4.03. The third-order valence-electron chi connectivity index (χ3n) is 5.10. The average Bonchev–Trinajstić information content (AvgIpc) is 3.44. The summed E-state index contributed by atoms with van der Waals surface area (Å²) in [6, 6.07) is 4.79. The predicted octanol–water partition coefficient (Wildman–Crippen LogP) is 2.80. The Morgan fingerprint density at radius 2 is 1.94 bits per heavy atom. The molecule has 0 spiro atoms. The Hall–Kier alpha value is -3.09. The Morgan fingerprint density at radius 3 is 2.62 bits per heavy atom. The minimum atomic E-state index is -4.03. The van der Waals surface area contributed by atoms with E-state index in [2.05, 4.69) is 15.3 Å². The van der Waals surface area contributed by atoms with Gasteiger partial charge in [-0.05, 0) is 37.1 Å². The molecule has 0 radical (unpaired) electrons. The Balaban J connectivity index is 1.53. The molecule has 3 aromatic rings. The van der Waals surface area contributed by atoms with Gasteiger partial charge in [0.05, 0.1) is 5.69 Å². The number of hydrogen-bond acceptors (Lipinski definition) is 6. The molecule has 2 aromatic heterocycles. The molecule has 0 bridgehead atoms. The quantitative estimate of drug-likeness (QED) is 0.501. The molecule has 2 amide bonds. The van der Waals surface area contributed by atoms with E-state index in [1.54, 1.807) is 17.6 Å². The van der Waals surface area contributed by atoms with Crippen molar-refractivity contribution in [3.05, 3.63) is 52.9 Å². The van der Waals surface area contributed by atoms with Gasteiger partial charge >= 0.3 is 0 Å². The van der Waals surface area contributed by atoms with Gasteiger partial charge in [-0.2, -0.15) is 4.31 Å². The number of benzene rings is 1. The van der Waals surface area contributed by atoms with Crippen molar-refractivity contribution in [1.82, 2.24) is 14.3 Å². The number of aromatic amines is 1. The van der Waals surface area contributed by atoms with E-state index in [4.69, 9.17) is 5.73 Å². The van der Waals surface area contributed by atoms with Crippen molar-refractivity contribution in [3.63, 3.8) is 0 Å². The standard InChI is InChI=1S/C20H20FN5O4S2/c21-14-5-4-12(9-17(14)32(29,30)26-6-2-1-3-7-26)19(28)25-20-24-16(11-31-20)13-8-15(18(22)27)23-10-13/h4-5,8-11,23H,1-3,6-7H2,(H2,22,27)(H,24,25,28). The van der Waals surface area contributed by atoms with Gasteiger partial charge in [-0.3, -0.25) is 14.9 Å². The van der Waals surface area contributed by atoms with Gasteiger partial charge in [0.25, 0.3) is 11.8 Å². The first-order valence-electron chi connectivity index (χ1n) is 9.81. The highest BCUT2D eigenvalue weighted by atomic mass is 32.2. The number of halogens is 1. The van der Waals surface area contributed by atoms with Gasteiger partial charge in [-0.25, -0.2) is 17.8 Å². The molecule has 0 atom stereocenters. The lowest BCUT2D eigenvalue weighted by Gasteiger charge is -2.26. The number of amides is 2. The topological polar surface area (TPSA) is 138 Å². The molecule has 0 unspecified atom stereocenters. The zero-order valence-electron chi connectivity index (χ0n) is 16.8. The molecule has 168 valence electrons. The first-order valence-corrected chi connectivity index (χ1v) is 12.1. The van der Waals surface area contributed by atoms with Crippen molar-refractivity contribution in [2.24, 2.45) is 5.73 Å². The van der Waals surface area contributed by atoms with Crippen LogP contribution in [0.3, 0.4) is 0 Å². The van der Waals surface area contributed by atoms with Crippen LogP contribution in [0.25, 0.3) is 11.3 Å². The van der Waals surface area contributed by atoms with Crippen LogP contribution in [0.15, 0.2) is 40.7 Å². The highest BCUT2D eigenvalue weighted by molar-refractivity contribution is 7.89. The number of anilines is 1. The number of nitrogens with two attached hydrogens (primary N) is 1. The summed E-state index contributed by atoms with van der Waals surface area (Å²) < 4.78 is 41.3. The van der Waals surface area contributed by atoms with Gasteiger partial charge in [0.15, 0.2) is 5.13 Å². The zero-order chi connectivity index (χ0) is 22.9. The number of primary amides is 1. The smallest absolute Gasteiger partial charge is 0.265 e. The second-order valence-electron chi connectivity index (χ2n) is 7.27. The van der Waals surface area contributed by atoms with Crippen LogP contribution in [0.4, 0.5) is 9.52 Å². The Morgan fingerprint density at radius 1 is 1.19 bits per heavy atom. The Labute approximate surface area is 187 Å². The summed E-state index contributed by atoms with van der Waals surface area (Å²) in [4.78, 5) is 30.4. The number of aromatic nitrogens is 2. The second kappa shape index (κ2) is 8.81. The van der Waals surface area contributed by atoms with E-state index in [0.29, 0.717) is 24.3 Å². The number of hydrogen-bond donors (Lipinski definition) is 3.